The van der Waals surface area contributed by atoms with Crippen LogP contribution in [-0.2, 0) is 16.6 Å². The monoisotopic (exact) mass is 305 g/mol. The van der Waals surface area contributed by atoms with Gasteiger partial charge in [0.2, 0.25) is 10.0 Å². The molecule has 1 aliphatic rings. The summed E-state index contributed by atoms with van der Waals surface area (Å²) in [5.74, 6) is -2.04. The molecule has 0 aromatic heterocycles. The number of aliphatic hydroxyl groups excluding tert-OH is 1. The Kier molecular flexibility index (Phi) is 4.41. The van der Waals surface area contributed by atoms with Crippen LogP contribution in [0.3, 0.4) is 0 Å². The van der Waals surface area contributed by atoms with Gasteiger partial charge in [-0.2, -0.15) is 0 Å². The molecule has 2 rings (SSSR count). The van der Waals surface area contributed by atoms with Crippen molar-refractivity contribution < 1.29 is 22.3 Å². The van der Waals surface area contributed by atoms with Crippen molar-refractivity contribution in [3.8, 4) is 0 Å². The third-order valence-electron chi connectivity index (χ3n) is 3.55. The number of hydrogen-bond acceptors (Lipinski definition) is 3. The Hall–Kier alpha value is -1.05. The van der Waals surface area contributed by atoms with Gasteiger partial charge in [0.1, 0.15) is 4.90 Å². The fourth-order valence-corrected chi connectivity index (χ4v) is 3.33. The number of nitrogens with one attached hydrogen (secondary N) is 1. The normalized spacial score (nSPS) is 17.2. The van der Waals surface area contributed by atoms with E-state index in [2.05, 4.69) is 4.72 Å². The zero-order valence-corrected chi connectivity index (χ0v) is 11.9. The van der Waals surface area contributed by atoms with Crippen molar-refractivity contribution in [3.63, 3.8) is 0 Å². The van der Waals surface area contributed by atoms with Gasteiger partial charge in [-0.05, 0) is 42.4 Å². The molecule has 1 atom stereocenters. The van der Waals surface area contributed by atoms with Crippen LogP contribution >= 0.6 is 0 Å². The Morgan fingerprint density at radius 2 is 2.05 bits per heavy atom. The molecule has 0 bridgehead atoms. The van der Waals surface area contributed by atoms with Crippen molar-refractivity contribution in [1.82, 2.24) is 4.72 Å². The van der Waals surface area contributed by atoms with Crippen molar-refractivity contribution in [3.05, 3.63) is 29.3 Å². The van der Waals surface area contributed by atoms with Crippen molar-refractivity contribution >= 4 is 10.0 Å². The predicted molar refractivity (Wildman–Crippen MR) is 69.4 cm³/mol. The number of hydrogen-bond donors (Lipinski definition) is 2. The quantitative estimate of drug-likeness (QED) is 0.842. The molecule has 7 heteroatoms. The van der Waals surface area contributed by atoms with Crippen molar-refractivity contribution in [1.29, 1.82) is 0 Å². The minimum atomic E-state index is -4.12. The van der Waals surface area contributed by atoms with E-state index in [1.165, 1.54) is 0 Å². The Labute approximate surface area is 116 Å². The fraction of sp³-hybridized carbons (Fsp3) is 0.538. The maximum absolute atomic E-state index is 13.6. The summed E-state index contributed by atoms with van der Waals surface area (Å²) in [6.07, 6.45) is 2.15. The molecule has 0 saturated heterocycles. The molecule has 112 valence electrons. The lowest BCUT2D eigenvalue weighted by molar-refractivity contribution is 0.280. The van der Waals surface area contributed by atoms with E-state index < -0.39 is 33.2 Å². The summed E-state index contributed by atoms with van der Waals surface area (Å²) < 4.78 is 53.3. The maximum atomic E-state index is 13.6. The standard InChI is InChI=1S/C13H17F2NO3S/c1-8(10-2-3-10)6-16-20(18,19)12-5-9(7-17)4-11(14)13(12)15/h4-5,8,10,16-17H,2-3,6-7H2,1H3. The number of benzene rings is 1. The molecule has 0 heterocycles. The Balaban J connectivity index is 2.21. The lowest BCUT2D eigenvalue weighted by Crippen LogP contribution is -2.30. The minimum absolute atomic E-state index is 0.0134. The molecule has 1 aromatic rings. The molecule has 20 heavy (non-hydrogen) atoms. The molecule has 1 unspecified atom stereocenters. The summed E-state index contributed by atoms with van der Waals surface area (Å²) in [6.45, 7) is 1.55. The van der Waals surface area contributed by atoms with Gasteiger partial charge in [0.05, 0.1) is 6.61 Å². The van der Waals surface area contributed by atoms with Crippen molar-refractivity contribution in [2.75, 3.05) is 6.54 Å². The van der Waals surface area contributed by atoms with Crippen LogP contribution < -0.4 is 4.72 Å². The molecular weight excluding hydrogens is 288 g/mol. The summed E-state index contributed by atoms with van der Waals surface area (Å²) in [5.41, 5.74) is 0.0134. The Morgan fingerprint density at radius 3 is 2.60 bits per heavy atom. The first kappa shape index (κ1) is 15.3. The van der Waals surface area contributed by atoms with Gasteiger partial charge >= 0.3 is 0 Å². The van der Waals surface area contributed by atoms with Crippen LogP contribution in [0.2, 0.25) is 0 Å². The van der Waals surface area contributed by atoms with E-state index in [1.807, 2.05) is 6.92 Å². The van der Waals surface area contributed by atoms with Crippen LogP contribution in [0.15, 0.2) is 17.0 Å². The summed E-state index contributed by atoms with van der Waals surface area (Å²) in [6, 6.07) is 1.73. The van der Waals surface area contributed by atoms with Crippen LogP contribution in [0.5, 0.6) is 0 Å². The molecule has 1 aromatic carbocycles. The van der Waals surface area contributed by atoms with E-state index >= 15 is 0 Å². The van der Waals surface area contributed by atoms with Crippen molar-refractivity contribution in [2.24, 2.45) is 11.8 Å². The average Bonchev–Trinajstić information content (AvgIpc) is 3.23. The van der Waals surface area contributed by atoms with Gasteiger partial charge in [0.15, 0.2) is 11.6 Å². The van der Waals surface area contributed by atoms with E-state index in [4.69, 9.17) is 5.11 Å². The van der Waals surface area contributed by atoms with Gasteiger partial charge in [-0.3, -0.25) is 0 Å². The number of halogens is 2. The first-order valence-corrected chi connectivity index (χ1v) is 7.92. The number of rotatable bonds is 6. The van der Waals surface area contributed by atoms with E-state index in [9.17, 15) is 17.2 Å². The molecule has 1 saturated carbocycles. The zero-order valence-electron chi connectivity index (χ0n) is 11.1. The zero-order chi connectivity index (χ0) is 14.9. The van der Waals surface area contributed by atoms with Crippen LogP contribution in [0.1, 0.15) is 25.3 Å². The molecule has 1 fully saturated rings. The van der Waals surface area contributed by atoms with Crippen LogP contribution in [0.4, 0.5) is 8.78 Å². The molecule has 0 radical (unpaired) electrons. The Bertz CT molecular complexity index is 600. The summed E-state index contributed by atoms with van der Waals surface area (Å²) in [5, 5.41) is 8.94. The fourth-order valence-electron chi connectivity index (χ4n) is 2.05. The van der Waals surface area contributed by atoms with E-state index in [0.717, 1.165) is 25.0 Å². The highest BCUT2D eigenvalue weighted by atomic mass is 32.2. The van der Waals surface area contributed by atoms with Gasteiger partial charge in [0.25, 0.3) is 0 Å². The summed E-state index contributed by atoms with van der Waals surface area (Å²) >= 11 is 0. The molecule has 0 amide bonds. The number of sulfonamides is 1. The minimum Gasteiger partial charge on any atom is -0.392 e. The highest BCUT2D eigenvalue weighted by molar-refractivity contribution is 7.89. The molecule has 0 spiro atoms. The molecule has 1 aliphatic carbocycles. The molecule has 4 nitrogen and oxygen atoms in total. The van der Waals surface area contributed by atoms with E-state index in [0.29, 0.717) is 5.92 Å². The van der Waals surface area contributed by atoms with Gasteiger partial charge in [0, 0.05) is 6.54 Å². The topological polar surface area (TPSA) is 66.4 Å². The van der Waals surface area contributed by atoms with Crippen LogP contribution in [0, 0.1) is 23.5 Å². The van der Waals surface area contributed by atoms with Crippen molar-refractivity contribution in [2.45, 2.75) is 31.3 Å². The van der Waals surface area contributed by atoms with Gasteiger partial charge in [-0.15, -0.1) is 0 Å². The molecular formula is C13H17F2NO3S. The lowest BCUT2D eigenvalue weighted by Gasteiger charge is -2.13. The largest absolute Gasteiger partial charge is 0.392 e. The van der Waals surface area contributed by atoms with E-state index in [-0.39, 0.29) is 18.0 Å². The third-order valence-corrected chi connectivity index (χ3v) is 4.97. The van der Waals surface area contributed by atoms with Gasteiger partial charge in [-0.25, -0.2) is 21.9 Å². The Morgan fingerprint density at radius 1 is 1.40 bits per heavy atom. The van der Waals surface area contributed by atoms with Gasteiger partial charge in [-0.1, -0.05) is 6.92 Å². The van der Waals surface area contributed by atoms with E-state index in [1.54, 1.807) is 0 Å². The smallest absolute Gasteiger partial charge is 0.243 e. The summed E-state index contributed by atoms with van der Waals surface area (Å²) in [7, 11) is -4.12. The second-order valence-corrected chi connectivity index (χ2v) is 6.95. The highest BCUT2D eigenvalue weighted by Crippen LogP contribution is 2.36. The first-order valence-electron chi connectivity index (χ1n) is 6.43. The second-order valence-electron chi connectivity index (χ2n) is 5.21. The first-order chi connectivity index (χ1) is 9.35. The SMILES string of the molecule is CC(CNS(=O)(=O)c1cc(CO)cc(F)c1F)C1CC1. The lowest BCUT2D eigenvalue weighted by atomic mass is 10.1. The van der Waals surface area contributed by atoms with Crippen LogP contribution in [-0.4, -0.2) is 20.1 Å². The molecule has 0 aliphatic heterocycles. The predicted octanol–water partition coefficient (Wildman–Crippen LogP) is 1.78. The molecule has 2 N–H and O–H groups in total. The highest BCUT2D eigenvalue weighted by Gasteiger charge is 2.30. The number of aliphatic hydroxyl groups is 1. The average molecular weight is 305 g/mol. The maximum Gasteiger partial charge on any atom is 0.243 e. The van der Waals surface area contributed by atoms with Gasteiger partial charge < -0.3 is 5.11 Å². The second kappa shape index (κ2) is 5.75. The third kappa shape index (κ3) is 3.34. The van der Waals surface area contributed by atoms with Crippen LogP contribution in [0.25, 0.3) is 0 Å². The summed E-state index contributed by atoms with van der Waals surface area (Å²) in [4.78, 5) is -0.760.